The number of amides is 2. The first kappa shape index (κ1) is 19.5. The van der Waals surface area contributed by atoms with Crippen LogP contribution in [-0.4, -0.2) is 27.1 Å². The number of aryl methyl sites for hydroxylation is 2. The standard InChI is InChI=1S/C20H19N5O2S2/c21-9-4-10-25-14-7-2-1-6-13(14)23-20(25)28-11-16(26)24-19-17(18(22)27)12-5-3-8-15(12)29-19/h1-2,6-7H,3-5,8,10-11H2,(H2,22,27)(H,24,26). The van der Waals surface area contributed by atoms with Crippen LogP contribution in [0.25, 0.3) is 11.0 Å². The second-order valence-electron chi connectivity index (χ2n) is 6.71. The molecule has 0 fully saturated rings. The Hall–Kier alpha value is -2.83. The van der Waals surface area contributed by atoms with Gasteiger partial charge in [-0.15, -0.1) is 11.3 Å². The molecule has 2 amide bonds. The number of para-hydroxylation sites is 2. The number of imidazole rings is 1. The smallest absolute Gasteiger partial charge is 0.251 e. The average Bonchev–Trinajstić information content (AvgIpc) is 3.36. The SMILES string of the molecule is N#CCCn1c(SCC(=O)Nc2sc3c(c2C(N)=O)CCC3)nc2ccccc21. The molecule has 1 aliphatic rings. The van der Waals surface area contributed by atoms with Crippen molar-refractivity contribution in [2.75, 3.05) is 11.1 Å². The second-order valence-corrected chi connectivity index (χ2v) is 8.75. The molecule has 3 aromatic rings. The number of anilines is 1. The number of nitrogens with zero attached hydrogens (tertiary/aromatic N) is 3. The van der Waals surface area contributed by atoms with Crippen LogP contribution in [0.1, 0.15) is 33.6 Å². The highest BCUT2D eigenvalue weighted by Gasteiger charge is 2.26. The number of aromatic nitrogens is 2. The van der Waals surface area contributed by atoms with Crippen LogP contribution in [0, 0.1) is 11.3 Å². The molecule has 9 heteroatoms. The molecule has 7 nitrogen and oxygen atoms in total. The van der Waals surface area contributed by atoms with Gasteiger partial charge in [-0.2, -0.15) is 5.26 Å². The minimum atomic E-state index is -0.495. The highest BCUT2D eigenvalue weighted by atomic mass is 32.2. The number of nitrogens with two attached hydrogens (primary N) is 1. The predicted octanol–water partition coefficient (Wildman–Crippen LogP) is 3.33. The fourth-order valence-electron chi connectivity index (χ4n) is 3.59. The van der Waals surface area contributed by atoms with Crippen LogP contribution in [0.5, 0.6) is 0 Å². The van der Waals surface area contributed by atoms with Gasteiger partial charge in [0.15, 0.2) is 5.16 Å². The molecule has 0 radical (unpaired) electrons. The molecule has 3 N–H and O–H groups in total. The zero-order valence-electron chi connectivity index (χ0n) is 15.6. The van der Waals surface area contributed by atoms with Gasteiger partial charge < -0.3 is 15.6 Å². The van der Waals surface area contributed by atoms with Gasteiger partial charge in [0.1, 0.15) is 5.00 Å². The summed E-state index contributed by atoms with van der Waals surface area (Å²) in [5.74, 6) is -0.557. The molecule has 0 atom stereocenters. The minimum Gasteiger partial charge on any atom is -0.365 e. The first-order valence-corrected chi connectivity index (χ1v) is 11.1. The summed E-state index contributed by atoms with van der Waals surface area (Å²) in [5, 5.41) is 13.0. The molecule has 2 heterocycles. The van der Waals surface area contributed by atoms with E-state index in [2.05, 4.69) is 16.4 Å². The Balaban J connectivity index is 1.50. The van der Waals surface area contributed by atoms with E-state index in [0.29, 0.717) is 28.7 Å². The number of thiophene rings is 1. The number of fused-ring (bicyclic) bond motifs is 2. The second kappa shape index (κ2) is 8.27. The maximum absolute atomic E-state index is 12.6. The molecule has 0 aliphatic heterocycles. The molecule has 1 aromatic carbocycles. The van der Waals surface area contributed by atoms with Crippen molar-refractivity contribution in [3.8, 4) is 6.07 Å². The van der Waals surface area contributed by atoms with Crippen LogP contribution < -0.4 is 11.1 Å². The molecule has 0 saturated heterocycles. The van der Waals surface area contributed by atoms with Crippen LogP contribution in [-0.2, 0) is 24.2 Å². The summed E-state index contributed by atoms with van der Waals surface area (Å²) in [4.78, 5) is 30.2. The summed E-state index contributed by atoms with van der Waals surface area (Å²) in [5.41, 5.74) is 8.78. The molecule has 0 bridgehead atoms. The van der Waals surface area contributed by atoms with E-state index in [0.717, 1.165) is 40.7 Å². The fraction of sp³-hybridized carbons (Fsp3) is 0.300. The van der Waals surface area contributed by atoms with Gasteiger partial charge in [-0.05, 0) is 37.0 Å². The summed E-state index contributed by atoms with van der Waals surface area (Å²) in [6.07, 6.45) is 3.14. The van der Waals surface area contributed by atoms with Gasteiger partial charge in [-0.25, -0.2) is 4.98 Å². The quantitative estimate of drug-likeness (QED) is 0.564. The molecule has 1 aliphatic carbocycles. The lowest BCUT2D eigenvalue weighted by atomic mass is 10.1. The van der Waals surface area contributed by atoms with E-state index in [1.807, 2.05) is 28.8 Å². The van der Waals surface area contributed by atoms with Gasteiger partial charge >= 0.3 is 0 Å². The topological polar surface area (TPSA) is 114 Å². The molecule has 2 aromatic heterocycles. The summed E-state index contributed by atoms with van der Waals surface area (Å²) in [6.45, 7) is 0.518. The molecular formula is C20H19N5O2S2. The summed E-state index contributed by atoms with van der Waals surface area (Å²) < 4.78 is 1.96. The van der Waals surface area contributed by atoms with Gasteiger partial charge in [0.2, 0.25) is 5.91 Å². The van der Waals surface area contributed by atoms with Crippen molar-refractivity contribution in [1.82, 2.24) is 9.55 Å². The zero-order chi connectivity index (χ0) is 20.4. The highest BCUT2D eigenvalue weighted by Crippen LogP contribution is 2.39. The average molecular weight is 426 g/mol. The molecule has 0 unspecified atom stereocenters. The molecule has 4 rings (SSSR count). The Kier molecular flexibility index (Phi) is 5.56. The number of rotatable bonds is 7. The van der Waals surface area contributed by atoms with Crippen molar-refractivity contribution in [3.05, 3.63) is 40.3 Å². The third-order valence-corrected chi connectivity index (χ3v) is 7.00. The van der Waals surface area contributed by atoms with Crippen molar-refractivity contribution in [1.29, 1.82) is 5.26 Å². The number of thioether (sulfide) groups is 1. The molecule has 0 spiro atoms. The number of carbonyl (C=O) groups is 2. The Bertz CT molecular complexity index is 1140. The first-order chi connectivity index (χ1) is 14.1. The lowest BCUT2D eigenvalue weighted by molar-refractivity contribution is -0.113. The van der Waals surface area contributed by atoms with Crippen LogP contribution in [0.2, 0.25) is 0 Å². The fourth-order valence-corrected chi connectivity index (χ4v) is 5.74. The lowest BCUT2D eigenvalue weighted by Gasteiger charge is -2.08. The number of benzene rings is 1. The van der Waals surface area contributed by atoms with Crippen LogP contribution in [0.3, 0.4) is 0 Å². The maximum atomic E-state index is 12.6. The van der Waals surface area contributed by atoms with E-state index in [1.165, 1.54) is 23.1 Å². The predicted molar refractivity (Wildman–Crippen MR) is 114 cm³/mol. The summed E-state index contributed by atoms with van der Waals surface area (Å²) in [7, 11) is 0. The van der Waals surface area contributed by atoms with E-state index in [4.69, 9.17) is 11.0 Å². The van der Waals surface area contributed by atoms with Gasteiger partial charge in [0.25, 0.3) is 5.91 Å². The highest BCUT2D eigenvalue weighted by molar-refractivity contribution is 7.99. The van der Waals surface area contributed by atoms with Crippen LogP contribution in [0.15, 0.2) is 29.4 Å². The number of nitriles is 1. The van der Waals surface area contributed by atoms with Crippen molar-refractivity contribution in [3.63, 3.8) is 0 Å². The van der Waals surface area contributed by atoms with Gasteiger partial charge in [0, 0.05) is 11.4 Å². The van der Waals surface area contributed by atoms with E-state index < -0.39 is 5.91 Å². The van der Waals surface area contributed by atoms with Crippen molar-refractivity contribution < 1.29 is 9.59 Å². The lowest BCUT2D eigenvalue weighted by Crippen LogP contribution is -2.19. The number of hydrogen-bond donors (Lipinski definition) is 2. The first-order valence-electron chi connectivity index (χ1n) is 9.27. The summed E-state index contributed by atoms with van der Waals surface area (Å²) in [6, 6.07) is 9.85. The van der Waals surface area contributed by atoms with Crippen LogP contribution in [0.4, 0.5) is 5.00 Å². The van der Waals surface area contributed by atoms with E-state index in [1.54, 1.807) is 0 Å². The van der Waals surface area contributed by atoms with Gasteiger partial charge in [-0.3, -0.25) is 9.59 Å². The van der Waals surface area contributed by atoms with Gasteiger partial charge in [0.05, 0.1) is 34.8 Å². The van der Waals surface area contributed by atoms with Crippen molar-refractivity contribution in [2.24, 2.45) is 5.73 Å². The van der Waals surface area contributed by atoms with Crippen LogP contribution >= 0.6 is 23.1 Å². The third-order valence-electron chi connectivity index (χ3n) is 4.82. The van der Waals surface area contributed by atoms with Crippen molar-refractivity contribution >= 4 is 50.9 Å². The number of hydrogen-bond acceptors (Lipinski definition) is 6. The molecule has 148 valence electrons. The Labute approximate surface area is 175 Å². The zero-order valence-corrected chi connectivity index (χ0v) is 17.2. The number of nitrogens with one attached hydrogen (secondary N) is 1. The Morgan fingerprint density at radius 1 is 1.34 bits per heavy atom. The third kappa shape index (κ3) is 3.86. The Morgan fingerprint density at radius 2 is 2.17 bits per heavy atom. The van der Waals surface area contributed by atoms with E-state index in [-0.39, 0.29) is 11.7 Å². The molecule has 29 heavy (non-hydrogen) atoms. The normalized spacial score (nSPS) is 12.7. The Morgan fingerprint density at radius 3 is 2.97 bits per heavy atom. The number of primary amides is 1. The van der Waals surface area contributed by atoms with Gasteiger partial charge in [-0.1, -0.05) is 23.9 Å². The molecule has 0 saturated carbocycles. The molecular weight excluding hydrogens is 406 g/mol. The minimum absolute atomic E-state index is 0.149. The van der Waals surface area contributed by atoms with Crippen molar-refractivity contribution in [2.45, 2.75) is 37.4 Å². The van der Waals surface area contributed by atoms with E-state index >= 15 is 0 Å². The maximum Gasteiger partial charge on any atom is 0.251 e. The number of carbonyl (C=O) groups excluding carboxylic acids is 2. The van der Waals surface area contributed by atoms with E-state index in [9.17, 15) is 9.59 Å². The largest absolute Gasteiger partial charge is 0.365 e. The summed E-state index contributed by atoms with van der Waals surface area (Å²) >= 11 is 2.76. The monoisotopic (exact) mass is 425 g/mol.